The van der Waals surface area contributed by atoms with E-state index in [0.717, 1.165) is 17.3 Å². The normalized spacial score (nSPS) is 10.5. The summed E-state index contributed by atoms with van der Waals surface area (Å²) in [6, 6.07) is 11.3. The van der Waals surface area contributed by atoms with Crippen LogP contribution < -0.4 is 11.1 Å². The van der Waals surface area contributed by atoms with E-state index in [0.29, 0.717) is 5.56 Å². The van der Waals surface area contributed by atoms with Gasteiger partial charge in [0.1, 0.15) is 5.82 Å². The Morgan fingerprint density at radius 3 is 2.68 bits per heavy atom. The van der Waals surface area contributed by atoms with Gasteiger partial charge < -0.3 is 11.1 Å². The number of carbonyl (C=O) groups is 2. The lowest BCUT2D eigenvalue weighted by atomic mass is 10.1. The summed E-state index contributed by atoms with van der Waals surface area (Å²) in [6.45, 7) is 1.95. The molecule has 3 N–H and O–H groups in total. The molecule has 2 aromatic carbocycles. The summed E-state index contributed by atoms with van der Waals surface area (Å²) in [5, 5.41) is 6.78. The Hall–Kier alpha value is -3.48. The standard InChI is InChI=1S/C18H15FN4O2/c1-11-4-2-3-5-16(11)23-10-12(9-21-23)18(25)22-13-6-7-15(19)14(8-13)17(20)24/h2-10H,1H3,(H2,20,24)(H,22,25). The number of rotatable bonds is 4. The van der Waals surface area contributed by atoms with Gasteiger partial charge in [-0.2, -0.15) is 5.10 Å². The predicted octanol–water partition coefficient (Wildman–Crippen LogP) is 2.67. The summed E-state index contributed by atoms with van der Waals surface area (Å²) in [5.74, 6) is -2.07. The average molecular weight is 338 g/mol. The zero-order valence-corrected chi connectivity index (χ0v) is 13.4. The first-order valence-electron chi connectivity index (χ1n) is 7.47. The van der Waals surface area contributed by atoms with E-state index in [4.69, 9.17) is 5.73 Å². The van der Waals surface area contributed by atoms with Crippen LogP contribution >= 0.6 is 0 Å². The second kappa shape index (κ2) is 6.56. The van der Waals surface area contributed by atoms with E-state index in [1.54, 1.807) is 10.9 Å². The molecule has 3 rings (SSSR count). The molecule has 0 saturated carbocycles. The van der Waals surface area contributed by atoms with Crippen LogP contribution in [0.2, 0.25) is 0 Å². The van der Waals surface area contributed by atoms with Crippen molar-refractivity contribution < 1.29 is 14.0 Å². The molecule has 0 radical (unpaired) electrons. The Morgan fingerprint density at radius 1 is 1.20 bits per heavy atom. The summed E-state index contributed by atoms with van der Waals surface area (Å²) in [5.41, 5.74) is 7.29. The summed E-state index contributed by atoms with van der Waals surface area (Å²) < 4.78 is 15.1. The highest BCUT2D eigenvalue weighted by Gasteiger charge is 2.13. The highest BCUT2D eigenvalue weighted by molar-refractivity contribution is 6.04. The molecule has 6 nitrogen and oxygen atoms in total. The lowest BCUT2D eigenvalue weighted by molar-refractivity contribution is 0.0992. The third-order valence-corrected chi connectivity index (χ3v) is 3.70. The molecular weight excluding hydrogens is 323 g/mol. The lowest BCUT2D eigenvalue weighted by Gasteiger charge is -2.06. The number of halogens is 1. The minimum atomic E-state index is -0.902. The second-order valence-electron chi connectivity index (χ2n) is 5.47. The van der Waals surface area contributed by atoms with Crippen LogP contribution in [-0.4, -0.2) is 21.6 Å². The zero-order chi connectivity index (χ0) is 18.0. The summed E-state index contributed by atoms with van der Waals surface area (Å²) in [6.07, 6.45) is 3.02. The molecule has 7 heteroatoms. The third kappa shape index (κ3) is 3.40. The Morgan fingerprint density at radius 2 is 1.96 bits per heavy atom. The number of hydrogen-bond acceptors (Lipinski definition) is 3. The van der Waals surface area contributed by atoms with Gasteiger partial charge in [-0.05, 0) is 36.8 Å². The number of carbonyl (C=O) groups excluding carboxylic acids is 2. The highest BCUT2D eigenvalue weighted by atomic mass is 19.1. The van der Waals surface area contributed by atoms with Crippen LogP contribution in [0.25, 0.3) is 5.69 Å². The van der Waals surface area contributed by atoms with Crippen LogP contribution in [0.5, 0.6) is 0 Å². The minimum Gasteiger partial charge on any atom is -0.366 e. The van der Waals surface area contributed by atoms with E-state index >= 15 is 0 Å². The SMILES string of the molecule is Cc1ccccc1-n1cc(C(=O)Nc2ccc(F)c(C(N)=O)c2)cn1. The van der Waals surface area contributed by atoms with Crippen molar-refractivity contribution in [2.24, 2.45) is 5.73 Å². The van der Waals surface area contributed by atoms with E-state index < -0.39 is 17.6 Å². The van der Waals surface area contributed by atoms with Crippen LogP contribution in [0.1, 0.15) is 26.3 Å². The van der Waals surface area contributed by atoms with E-state index in [9.17, 15) is 14.0 Å². The molecule has 126 valence electrons. The molecule has 0 aliphatic carbocycles. The molecule has 0 unspecified atom stereocenters. The number of amides is 2. The van der Waals surface area contributed by atoms with Crippen molar-refractivity contribution in [3.63, 3.8) is 0 Å². The lowest BCUT2D eigenvalue weighted by Crippen LogP contribution is -2.15. The van der Waals surface area contributed by atoms with Gasteiger partial charge >= 0.3 is 0 Å². The van der Waals surface area contributed by atoms with Gasteiger partial charge in [0.2, 0.25) is 0 Å². The van der Waals surface area contributed by atoms with E-state index in [-0.39, 0.29) is 11.3 Å². The second-order valence-corrected chi connectivity index (χ2v) is 5.47. The fourth-order valence-corrected chi connectivity index (χ4v) is 2.39. The van der Waals surface area contributed by atoms with Crippen molar-refractivity contribution >= 4 is 17.5 Å². The van der Waals surface area contributed by atoms with Gasteiger partial charge in [-0.3, -0.25) is 9.59 Å². The van der Waals surface area contributed by atoms with Crippen molar-refractivity contribution in [3.05, 3.63) is 77.4 Å². The summed E-state index contributed by atoms with van der Waals surface area (Å²) in [7, 11) is 0. The van der Waals surface area contributed by atoms with Gasteiger partial charge in [-0.1, -0.05) is 18.2 Å². The number of nitrogens with two attached hydrogens (primary N) is 1. The fourth-order valence-electron chi connectivity index (χ4n) is 2.39. The molecule has 0 bridgehead atoms. The third-order valence-electron chi connectivity index (χ3n) is 3.70. The number of anilines is 1. The van der Waals surface area contributed by atoms with Crippen molar-refractivity contribution in [2.45, 2.75) is 6.92 Å². The summed E-state index contributed by atoms with van der Waals surface area (Å²) >= 11 is 0. The predicted molar refractivity (Wildman–Crippen MR) is 91.2 cm³/mol. The molecule has 1 aromatic heterocycles. The molecule has 0 aliphatic rings. The van der Waals surface area contributed by atoms with Crippen LogP contribution in [0.15, 0.2) is 54.9 Å². The number of primary amides is 1. The summed E-state index contributed by atoms with van der Waals surface area (Å²) in [4.78, 5) is 23.5. The maximum absolute atomic E-state index is 13.5. The van der Waals surface area contributed by atoms with Gasteiger partial charge in [0.05, 0.1) is 23.0 Å². The van der Waals surface area contributed by atoms with Crippen LogP contribution in [0.3, 0.4) is 0 Å². The molecular formula is C18H15FN4O2. The molecule has 0 spiro atoms. The van der Waals surface area contributed by atoms with Gasteiger partial charge in [-0.15, -0.1) is 0 Å². The number of aromatic nitrogens is 2. The Bertz CT molecular complexity index is 965. The minimum absolute atomic E-state index is 0.267. The number of aryl methyl sites for hydroxylation is 1. The molecule has 0 saturated heterocycles. The van der Waals surface area contributed by atoms with E-state index in [2.05, 4.69) is 10.4 Å². The number of nitrogens with one attached hydrogen (secondary N) is 1. The van der Waals surface area contributed by atoms with Crippen molar-refractivity contribution in [1.82, 2.24) is 9.78 Å². The van der Waals surface area contributed by atoms with E-state index in [1.165, 1.54) is 18.3 Å². The number of nitrogens with zero attached hydrogens (tertiary/aromatic N) is 2. The van der Waals surface area contributed by atoms with Crippen molar-refractivity contribution in [3.8, 4) is 5.69 Å². The number of benzene rings is 2. The molecule has 25 heavy (non-hydrogen) atoms. The van der Waals surface area contributed by atoms with Gasteiger partial charge in [0.15, 0.2) is 0 Å². The molecule has 0 fully saturated rings. The Labute approximate surface area is 143 Å². The first-order valence-corrected chi connectivity index (χ1v) is 7.47. The topological polar surface area (TPSA) is 90.0 Å². The fraction of sp³-hybridized carbons (Fsp3) is 0.0556. The maximum atomic E-state index is 13.5. The van der Waals surface area contributed by atoms with Crippen molar-refractivity contribution in [2.75, 3.05) is 5.32 Å². The maximum Gasteiger partial charge on any atom is 0.258 e. The molecule has 0 atom stereocenters. The van der Waals surface area contributed by atoms with Gasteiger partial charge in [-0.25, -0.2) is 9.07 Å². The van der Waals surface area contributed by atoms with Crippen molar-refractivity contribution in [1.29, 1.82) is 0 Å². The smallest absolute Gasteiger partial charge is 0.258 e. The van der Waals surface area contributed by atoms with E-state index in [1.807, 2.05) is 31.2 Å². The zero-order valence-electron chi connectivity index (χ0n) is 13.4. The van der Waals surface area contributed by atoms with Crippen LogP contribution in [0, 0.1) is 12.7 Å². The van der Waals surface area contributed by atoms with Gasteiger partial charge in [0, 0.05) is 11.9 Å². The largest absolute Gasteiger partial charge is 0.366 e. The monoisotopic (exact) mass is 338 g/mol. The first-order chi connectivity index (χ1) is 12.0. The average Bonchev–Trinajstić information content (AvgIpc) is 3.06. The highest BCUT2D eigenvalue weighted by Crippen LogP contribution is 2.17. The quantitative estimate of drug-likeness (QED) is 0.766. The Balaban J connectivity index is 1.82. The van der Waals surface area contributed by atoms with Gasteiger partial charge in [0.25, 0.3) is 11.8 Å². The molecule has 1 heterocycles. The van der Waals surface area contributed by atoms with Crippen LogP contribution in [-0.2, 0) is 0 Å². The number of hydrogen-bond donors (Lipinski definition) is 2. The van der Waals surface area contributed by atoms with Crippen LogP contribution in [0.4, 0.5) is 10.1 Å². The molecule has 0 aliphatic heterocycles. The Kier molecular flexibility index (Phi) is 4.30. The first kappa shape index (κ1) is 16.4. The number of para-hydroxylation sites is 1. The molecule has 3 aromatic rings. The molecule has 2 amide bonds.